The van der Waals surface area contributed by atoms with Crippen LogP contribution >= 0.6 is 0 Å². The number of aryl methyl sites for hydroxylation is 1. The molecular formula is C28H33F2N5O2. The van der Waals surface area contributed by atoms with Crippen LogP contribution in [0.15, 0.2) is 24.4 Å². The van der Waals surface area contributed by atoms with Gasteiger partial charge in [-0.15, -0.1) is 0 Å². The molecule has 1 amide bonds. The number of ether oxygens (including phenoxy) is 1. The van der Waals surface area contributed by atoms with Crippen LogP contribution in [0.2, 0.25) is 0 Å². The fourth-order valence-corrected chi connectivity index (χ4v) is 5.11. The molecule has 1 aliphatic heterocycles. The van der Waals surface area contributed by atoms with Gasteiger partial charge < -0.3 is 20.3 Å². The van der Waals surface area contributed by atoms with Crippen LogP contribution in [-0.4, -0.2) is 48.7 Å². The van der Waals surface area contributed by atoms with Crippen molar-refractivity contribution in [3.63, 3.8) is 0 Å². The first-order valence-corrected chi connectivity index (χ1v) is 12.9. The van der Waals surface area contributed by atoms with Crippen molar-refractivity contribution in [2.45, 2.75) is 58.0 Å². The Balaban J connectivity index is 1.57. The van der Waals surface area contributed by atoms with Gasteiger partial charge in [0, 0.05) is 60.5 Å². The first-order chi connectivity index (χ1) is 17.8. The van der Waals surface area contributed by atoms with Gasteiger partial charge in [-0.3, -0.25) is 14.8 Å². The summed E-state index contributed by atoms with van der Waals surface area (Å²) in [6.45, 7) is 8.12. The summed E-state index contributed by atoms with van der Waals surface area (Å²) < 4.78 is 33.6. The Kier molecular flexibility index (Phi) is 6.98. The Hall–Kier alpha value is -3.33. The number of anilines is 1. The third kappa shape index (κ3) is 5.09. The van der Waals surface area contributed by atoms with E-state index in [2.05, 4.69) is 22.5 Å². The second-order valence-corrected chi connectivity index (χ2v) is 10.2. The number of hydrogen-bond donors (Lipinski definition) is 2. The zero-order valence-corrected chi connectivity index (χ0v) is 21.7. The van der Waals surface area contributed by atoms with E-state index in [-0.39, 0.29) is 17.2 Å². The summed E-state index contributed by atoms with van der Waals surface area (Å²) in [5, 5.41) is 7.33. The van der Waals surface area contributed by atoms with Crippen LogP contribution in [0, 0.1) is 18.6 Å². The minimum atomic E-state index is -0.789. The van der Waals surface area contributed by atoms with Crippen LogP contribution in [-0.2, 0) is 0 Å². The molecule has 1 saturated carbocycles. The molecule has 7 nitrogen and oxygen atoms in total. The largest absolute Gasteiger partial charge is 0.494 e. The average Bonchev–Trinajstić information content (AvgIpc) is 3.71. The molecule has 2 aromatic heterocycles. The minimum Gasteiger partial charge on any atom is -0.494 e. The maximum atomic E-state index is 14.6. The molecule has 0 radical (unpaired) electrons. The lowest BCUT2D eigenvalue weighted by Crippen LogP contribution is -2.33. The number of fused-ring (bicyclic) bond motifs is 1. The molecule has 9 heteroatoms. The van der Waals surface area contributed by atoms with Crippen molar-refractivity contribution in [3.8, 4) is 5.75 Å². The number of carbonyl (C=O) groups is 1. The summed E-state index contributed by atoms with van der Waals surface area (Å²) in [5.74, 6) is -1.57. The van der Waals surface area contributed by atoms with Crippen molar-refractivity contribution in [2.75, 3.05) is 31.6 Å². The van der Waals surface area contributed by atoms with Crippen LogP contribution in [0.4, 0.5) is 14.5 Å². The summed E-state index contributed by atoms with van der Waals surface area (Å²) in [6, 6.07) is 3.72. The molecule has 2 atom stereocenters. The molecule has 2 N–H and O–H groups in total. The summed E-state index contributed by atoms with van der Waals surface area (Å²) in [5.41, 5.74) is 4.13. The summed E-state index contributed by atoms with van der Waals surface area (Å²) in [4.78, 5) is 25.5. The number of halogens is 2. The Bertz CT molecular complexity index is 1340. The SMILES string of the molecule is COc1cc([C@H](C)NC(=O)c2cnc3c(C4CC4)nc(C)cc3c2N2CCN[C@@H](C)CC2)c(F)cc1F. The van der Waals surface area contributed by atoms with Crippen LogP contribution < -0.4 is 20.3 Å². The van der Waals surface area contributed by atoms with Gasteiger partial charge in [0.25, 0.3) is 5.91 Å². The molecule has 196 valence electrons. The van der Waals surface area contributed by atoms with Gasteiger partial charge in [-0.05, 0) is 52.2 Å². The van der Waals surface area contributed by atoms with Crippen molar-refractivity contribution < 1.29 is 18.3 Å². The topological polar surface area (TPSA) is 79.4 Å². The highest BCUT2D eigenvalue weighted by molar-refractivity contribution is 6.08. The molecule has 2 aliphatic rings. The molecule has 0 unspecified atom stereocenters. The monoisotopic (exact) mass is 509 g/mol. The van der Waals surface area contributed by atoms with E-state index in [0.29, 0.717) is 17.5 Å². The predicted molar refractivity (Wildman–Crippen MR) is 139 cm³/mol. The zero-order valence-electron chi connectivity index (χ0n) is 21.7. The highest BCUT2D eigenvalue weighted by Gasteiger charge is 2.31. The molecule has 3 aromatic rings. The van der Waals surface area contributed by atoms with E-state index < -0.39 is 17.7 Å². The molecule has 37 heavy (non-hydrogen) atoms. The van der Waals surface area contributed by atoms with Crippen LogP contribution in [0.25, 0.3) is 10.9 Å². The first kappa shape index (κ1) is 25.3. The third-order valence-corrected chi connectivity index (χ3v) is 7.30. The minimum absolute atomic E-state index is 0.0765. The maximum absolute atomic E-state index is 14.6. The van der Waals surface area contributed by atoms with Gasteiger partial charge in [0.05, 0.1) is 35.6 Å². The van der Waals surface area contributed by atoms with E-state index >= 15 is 0 Å². The molecule has 1 saturated heterocycles. The number of pyridine rings is 2. The van der Waals surface area contributed by atoms with Gasteiger partial charge >= 0.3 is 0 Å². The van der Waals surface area contributed by atoms with Gasteiger partial charge in [-0.2, -0.15) is 0 Å². The van der Waals surface area contributed by atoms with Crippen LogP contribution in [0.5, 0.6) is 5.75 Å². The van der Waals surface area contributed by atoms with Crippen molar-refractivity contribution >= 4 is 22.5 Å². The van der Waals surface area contributed by atoms with Crippen molar-refractivity contribution in [1.82, 2.24) is 20.6 Å². The number of methoxy groups -OCH3 is 1. The number of aromatic nitrogens is 2. The quantitative estimate of drug-likeness (QED) is 0.498. The second kappa shape index (κ2) is 10.2. The molecular weight excluding hydrogens is 476 g/mol. The number of nitrogens with one attached hydrogen (secondary N) is 2. The highest BCUT2D eigenvalue weighted by atomic mass is 19.1. The van der Waals surface area contributed by atoms with Gasteiger partial charge in [0.15, 0.2) is 11.6 Å². The number of amides is 1. The lowest BCUT2D eigenvalue weighted by atomic mass is 10.0. The van der Waals surface area contributed by atoms with Crippen LogP contribution in [0.1, 0.15) is 72.4 Å². The van der Waals surface area contributed by atoms with Crippen molar-refractivity contribution in [3.05, 3.63) is 58.5 Å². The van der Waals surface area contributed by atoms with E-state index in [0.717, 1.165) is 72.9 Å². The molecule has 1 aromatic carbocycles. The Morgan fingerprint density at radius 3 is 2.70 bits per heavy atom. The normalized spacial score (nSPS) is 19.0. The number of rotatable bonds is 6. The van der Waals surface area contributed by atoms with E-state index in [1.54, 1.807) is 13.1 Å². The summed E-state index contributed by atoms with van der Waals surface area (Å²) >= 11 is 0. The molecule has 2 fully saturated rings. The van der Waals surface area contributed by atoms with Gasteiger partial charge in [0.1, 0.15) is 5.82 Å². The first-order valence-electron chi connectivity index (χ1n) is 12.9. The Labute approximate surface area is 215 Å². The molecule has 3 heterocycles. The number of nitrogens with zero attached hydrogens (tertiary/aromatic N) is 3. The lowest BCUT2D eigenvalue weighted by Gasteiger charge is -2.27. The highest BCUT2D eigenvalue weighted by Crippen LogP contribution is 2.43. The van der Waals surface area contributed by atoms with Gasteiger partial charge in [0.2, 0.25) is 0 Å². The molecule has 0 bridgehead atoms. The zero-order chi connectivity index (χ0) is 26.3. The predicted octanol–water partition coefficient (Wildman–Crippen LogP) is 4.78. The molecule has 1 aliphatic carbocycles. The second-order valence-electron chi connectivity index (χ2n) is 10.2. The van der Waals surface area contributed by atoms with Crippen LogP contribution in [0.3, 0.4) is 0 Å². The van der Waals surface area contributed by atoms with Gasteiger partial charge in [-0.25, -0.2) is 8.78 Å². The smallest absolute Gasteiger partial charge is 0.255 e. The van der Waals surface area contributed by atoms with Gasteiger partial charge in [-0.1, -0.05) is 0 Å². The standard InChI is InChI=1S/C28H33F2N5O2/c1-15-7-9-35(10-8-31-15)27-20-11-16(2)33-25(18-5-6-18)26(20)32-14-21(27)28(36)34-17(3)19-12-24(37-4)23(30)13-22(19)29/h11-15,17-18,31H,5-10H2,1-4H3,(H,34,36)/t15-,17-/m0/s1. The van der Waals surface area contributed by atoms with E-state index in [1.165, 1.54) is 13.2 Å². The average molecular weight is 510 g/mol. The summed E-state index contributed by atoms with van der Waals surface area (Å²) in [7, 11) is 1.32. The number of hydrogen-bond acceptors (Lipinski definition) is 6. The fourth-order valence-electron chi connectivity index (χ4n) is 5.11. The fraction of sp³-hybridized carbons (Fsp3) is 0.464. The number of carbonyl (C=O) groups excluding carboxylic acids is 1. The lowest BCUT2D eigenvalue weighted by molar-refractivity contribution is 0.0939. The van der Waals surface area contributed by atoms with Crippen molar-refractivity contribution in [2.24, 2.45) is 0 Å². The molecule has 0 spiro atoms. The molecule has 5 rings (SSSR count). The van der Waals surface area contributed by atoms with E-state index in [9.17, 15) is 13.6 Å². The van der Waals surface area contributed by atoms with Crippen molar-refractivity contribution in [1.29, 1.82) is 0 Å². The van der Waals surface area contributed by atoms with E-state index in [4.69, 9.17) is 14.7 Å². The summed E-state index contributed by atoms with van der Waals surface area (Å²) in [6.07, 6.45) is 4.74. The maximum Gasteiger partial charge on any atom is 0.255 e. The number of benzene rings is 1. The van der Waals surface area contributed by atoms with E-state index in [1.807, 2.05) is 13.0 Å². The third-order valence-electron chi connectivity index (χ3n) is 7.30. The Morgan fingerprint density at radius 1 is 1.19 bits per heavy atom. The Morgan fingerprint density at radius 2 is 1.97 bits per heavy atom.